The highest BCUT2D eigenvalue weighted by Crippen LogP contribution is 2.26. The Bertz CT molecular complexity index is 1650. The number of fused-ring (bicyclic) bond motifs is 3. The largest absolute Gasteiger partial charge is 0.322 e. The van der Waals surface area contributed by atoms with Gasteiger partial charge < -0.3 is 5.32 Å². The first kappa shape index (κ1) is 18.6. The predicted molar refractivity (Wildman–Crippen MR) is 126 cm³/mol. The van der Waals surface area contributed by atoms with Crippen molar-refractivity contribution in [2.75, 3.05) is 5.32 Å². The van der Waals surface area contributed by atoms with Crippen molar-refractivity contribution in [2.24, 2.45) is 0 Å². The zero-order valence-corrected chi connectivity index (χ0v) is 17.8. The van der Waals surface area contributed by atoms with Crippen molar-refractivity contribution in [1.29, 1.82) is 0 Å². The van der Waals surface area contributed by atoms with Gasteiger partial charge in [-0.05, 0) is 54.3 Å². The van der Waals surface area contributed by atoms with Gasteiger partial charge in [-0.15, -0.1) is 15.0 Å². The number of amides is 1. The van der Waals surface area contributed by atoms with Crippen molar-refractivity contribution >= 4 is 56.2 Å². The average molecular weight is 437 g/mol. The molecule has 0 bridgehead atoms. The van der Waals surface area contributed by atoms with Crippen LogP contribution in [-0.2, 0) is 0 Å². The summed E-state index contributed by atoms with van der Waals surface area (Å²) >= 11 is 1.13. The van der Waals surface area contributed by atoms with Crippen molar-refractivity contribution in [3.05, 3.63) is 83.9 Å². The molecule has 1 N–H and O–H groups in total. The van der Waals surface area contributed by atoms with Crippen LogP contribution in [0.25, 0.3) is 38.5 Å². The third-order valence-electron chi connectivity index (χ3n) is 5.47. The number of aromatic nitrogens is 5. The van der Waals surface area contributed by atoms with Gasteiger partial charge in [-0.1, -0.05) is 36.4 Å². The average Bonchev–Trinajstić information content (AvgIpc) is 3.45. The van der Waals surface area contributed by atoms with E-state index in [4.69, 9.17) is 0 Å². The first-order valence-electron chi connectivity index (χ1n) is 10.1. The number of rotatable bonds is 3. The van der Waals surface area contributed by atoms with Gasteiger partial charge in [0, 0.05) is 16.6 Å². The van der Waals surface area contributed by atoms with E-state index in [2.05, 4.69) is 42.5 Å². The minimum atomic E-state index is -0.205. The summed E-state index contributed by atoms with van der Waals surface area (Å²) in [4.78, 5) is 14.5. The van der Waals surface area contributed by atoms with E-state index in [-0.39, 0.29) is 5.91 Å². The second-order valence-corrected chi connectivity index (χ2v) is 8.09. The summed E-state index contributed by atoms with van der Waals surface area (Å²) < 4.78 is 8.39. The lowest BCUT2D eigenvalue weighted by Crippen LogP contribution is -2.12. The van der Waals surface area contributed by atoms with Gasteiger partial charge in [0.25, 0.3) is 5.91 Å². The van der Waals surface area contributed by atoms with Crippen LogP contribution in [0, 0.1) is 6.92 Å². The van der Waals surface area contributed by atoms with Crippen LogP contribution in [0.5, 0.6) is 0 Å². The van der Waals surface area contributed by atoms with Gasteiger partial charge in [0.15, 0.2) is 0 Å². The number of nitrogens with one attached hydrogen (secondary N) is 1. The van der Waals surface area contributed by atoms with Gasteiger partial charge in [0.2, 0.25) is 0 Å². The number of anilines is 1. The highest BCUT2D eigenvalue weighted by atomic mass is 32.1. The molecule has 6 rings (SSSR count). The van der Waals surface area contributed by atoms with E-state index < -0.39 is 0 Å². The van der Waals surface area contributed by atoms with E-state index >= 15 is 0 Å². The minimum Gasteiger partial charge on any atom is -0.322 e. The summed E-state index contributed by atoms with van der Waals surface area (Å²) in [7, 11) is 0. The molecule has 154 valence electrons. The van der Waals surface area contributed by atoms with E-state index in [1.807, 2.05) is 43.3 Å². The highest BCUT2D eigenvalue weighted by molar-refractivity contribution is 7.00. The Morgan fingerprint density at radius 1 is 0.844 bits per heavy atom. The molecule has 8 heteroatoms. The van der Waals surface area contributed by atoms with Gasteiger partial charge in [-0.3, -0.25) is 4.79 Å². The number of carbonyl (C=O) groups is 1. The lowest BCUT2D eigenvalue weighted by atomic mass is 10.1. The second-order valence-electron chi connectivity index (χ2n) is 7.57. The zero-order chi connectivity index (χ0) is 21.7. The third-order valence-corrected chi connectivity index (χ3v) is 6.03. The number of hydrogen-bond acceptors (Lipinski definition) is 6. The molecule has 4 aromatic carbocycles. The summed E-state index contributed by atoms with van der Waals surface area (Å²) in [5.41, 5.74) is 6.02. The molecular formula is C24H16N6OS. The number of benzene rings is 4. The Labute approximate surface area is 186 Å². The molecule has 0 aliphatic carbocycles. The Morgan fingerprint density at radius 3 is 2.53 bits per heavy atom. The molecule has 7 nitrogen and oxygen atoms in total. The molecule has 2 aromatic heterocycles. The fourth-order valence-corrected chi connectivity index (χ4v) is 4.33. The smallest absolute Gasteiger partial charge is 0.255 e. The van der Waals surface area contributed by atoms with E-state index in [0.717, 1.165) is 44.8 Å². The Hall–Kier alpha value is -4.17. The van der Waals surface area contributed by atoms with Crippen LogP contribution in [0.4, 0.5) is 5.69 Å². The summed E-state index contributed by atoms with van der Waals surface area (Å²) in [5.74, 6) is -0.205. The van der Waals surface area contributed by atoms with Crippen LogP contribution in [-0.4, -0.2) is 29.6 Å². The molecule has 0 saturated heterocycles. The van der Waals surface area contributed by atoms with Gasteiger partial charge in [0.05, 0.1) is 17.4 Å². The van der Waals surface area contributed by atoms with E-state index in [1.165, 1.54) is 0 Å². The van der Waals surface area contributed by atoms with Crippen LogP contribution in [0.2, 0.25) is 0 Å². The molecule has 0 saturated carbocycles. The summed E-state index contributed by atoms with van der Waals surface area (Å²) in [6, 6.07) is 23.3. The molecule has 0 spiro atoms. The van der Waals surface area contributed by atoms with E-state index in [1.54, 1.807) is 23.0 Å². The molecule has 0 aliphatic rings. The maximum Gasteiger partial charge on any atom is 0.255 e. The quantitative estimate of drug-likeness (QED) is 0.415. The maximum absolute atomic E-state index is 12.8. The first-order valence-corrected chi connectivity index (χ1v) is 10.8. The summed E-state index contributed by atoms with van der Waals surface area (Å²) in [5, 5.41) is 14.6. The zero-order valence-electron chi connectivity index (χ0n) is 17.0. The molecule has 2 heterocycles. The molecule has 0 atom stereocenters. The molecule has 0 fully saturated rings. The molecule has 1 amide bonds. The van der Waals surface area contributed by atoms with Crippen molar-refractivity contribution in [2.45, 2.75) is 6.92 Å². The van der Waals surface area contributed by atoms with Crippen molar-refractivity contribution in [3.63, 3.8) is 0 Å². The maximum atomic E-state index is 12.8. The molecular weight excluding hydrogens is 420 g/mol. The highest BCUT2D eigenvalue weighted by Gasteiger charge is 2.14. The van der Waals surface area contributed by atoms with Crippen LogP contribution < -0.4 is 5.32 Å². The number of aryl methyl sites for hydroxylation is 1. The van der Waals surface area contributed by atoms with E-state index in [9.17, 15) is 4.79 Å². The van der Waals surface area contributed by atoms with Crippen LogP contribution in [0.3, 0.4) is 0 Å². The molecule has 0 radical (unpaired) electrons. The first-order chi connectivity index (χ1) is 15.7. The van der Waals surface area contributed by atoms with Crippen LogP contribution in [0.1, 0.15) is 15.9 Å². The standard InChI is InChI=1S/C24H16N6OS/c1-14-11-20-21(27-30(26-20)23-8-4-6-15-5-2-3-7-17(15)23)13-19(14)25-24(31)16-9-10-18-22(12-16)29-32-28-18/h2-13H,1H3,(H,25,31). The van der Waals surface area contributed by atoms with Gasteiger partial charge in [-0.2, -0.15) is 8.75 Å². The summed E-state index contributed by atoms with van der Waals surface area (Å²) in [6.45, 7) is 1.94. The molecule has 0 unspecified atom stereocenters. The molecule has 0 aliphatic heterocycles. The second kappa shape index (κ2) is 7.21. The van der Waals surface area contributed by atoms with Gasteiger partial charge in [0.1, 0.15) is 22.1 Å². The number of nitrogens with zero attached hydrogens (tertiary/aromatic N) is 5. The fourth-order valence-electron chi connectivity index (χ4n) is 3.81. The molecule has 32 heavy (non-hydrogen) atoms. The van der Waals surface area contributed by atoms with Crippen LogP contribution >= 0.6 is 11.7 Å². The van der Waals surface area contributed by atoms with Crippen molar-refractivity contribution in [3.8, 4) is 5.69 Å². The van der Waals surface area contributed by atoms with Crippen molar-refractivity contribution in [1.82, 2.24) is 23.7 Å². The lowest BCUT2D eigenvalue weighted by molar-refractivity contribution is 0.102. The van der Waals surface area contributed by atoms with Gasteiger partial charge in [-0.25, -0.2) is 0 Å². The SMILES string of the molecule is Cc1cc2nn(-c3cccc4ccccc34)nc2cc1NC(=O)c1ccc2nsnc2c1. The molecule has 6 aromatic rings. The lowest BCUT2D eigenvalue weighted by Gasteiger charge is -2.08. The predicted octanol–water partition coefficient (Wildman–Crippen LogP) is 5.14. The number of carbonyl (C=O) groups excluding carboxylic acids is 1. The fraction of sp³-hybridized carbons (Fsp3) is 0.0417. The number of hydrogen-bond donors (Lipinski definition) is 1. The Kier molecular flexibility index (Phi) is 4.19. The normalized spacial score (nSPS) is 11.4. The Morgan fingerprint density at radius 2 is 1.62 bits per heavy atom. The van der Waals surface area contributed by atoms with E-state index in [0.29, 0.717) is 22.3 Å². The topological polar surface area (TPSA) is 85.6 Å². The van der Waals surface area contributed by atoms with Gasteiger partial charge >= 0.3 is 0 Å². The van der Waals surface area contributed by atoms with Crippen molar-refractivity contribution < 1.29 is 4.79 Å². The minimum absolute atomic E-state index is 0.205. The van der Waals surface area contributed by atoms with Crippen LogP contribution in [0.15, 0.2) is 72.8 Å². The Balaban J connectivity index is 1.37. The summed E-state index contributed by atoms with van der Waals surface area (Å²) in [6.07, 6.45) is 0. The third kappa shape index (κ3) is 3.09. The monoisotopic (exact) mass is 436 g/mol.